The molecule has 0 amide bonds. The maximum Gasteiger partial charge on any atom is 0.336 e. The van der Waals surface area contributed by atoms with Crippen molar-refractivity contribution in [3.63, 3.8) is 0 Å². The number of hydrogen-bond acceptors (Lipinski definition) is 4. The van der Waals surface area contributed by atoms with Gasteiger partial charge < -0.3 is 19.3 Å². The van der Waals surface area contributed by atoms with E-state index in [9.17, 15) is 9.90 Å². The number of aliphatic carboxylic acids is 1. The summed E-state index contributed by atoms with van der Waals surface area (Å²) < 4.78 is 16.2. The van der Waals surface area contributed by atoms with E-state index in [1.54, 1.807) is 36.4 Å². The van der Waals surface area contributed by atoms with Gasteiger partial charge in [-0.3, -0.25) is 0 Å². The first-order valence-electron chi connectivity index (χ1n) is 8.61. The zero-order valence-electron chi connectivity index (χ0n) is 15.6. The average Bonchev–Trinajstić information content (AvgIpc) is 2.73. The van der Waals surface area contributed by atoms with E-state index in [0.717, 1.165) is 11.3 Å². The molecule has 3 aromatic rings. The van der Waals surface area contributed by atoms with Crippen molar-refractivity contribution in [3.05, 3.63) is 83.9 Å². The van der Waals surface area contributed by atoms with Gasteiger partial charge in [0.1, 0.15) is 11.5 Å². The molecule has 0 saturated carbocycles. The third-order valence-electron chi connectivity index (χ3n) is 4.09. The first-order chi connectivity index (χ1) is 13.6. The van der Waals surface area contributed by atoms with Gasteiger partial charge in [-0.15, -0.1) is 0 Å². The van der Waals surface area contributed by atoms with E-state index in [-0.39, 0.29) is 5.57 Å². The summed E-state index contributed by atoms with van der Waals surface area (Å²) in [6.45, 7) is 0. The molecular weight excluding hydrogens is 356 g/mol. The molecule has 0 aliphatic carbocycles. The third-order valence-corrected chi connectivity index (χ3v) is 4.09. The summed E-state index contributed by atoms with van der Waals surface area (Å²) in [5.41, 5.74) is 1.42. The molecule has 0 spiro atoms. The molecule has 3 aromatic carbocycles. The van der Waals surface area contributed by atoms with E-state index in [2.05, 4.69) is 0 Å². The third kappa shape index (κ3) is 4.51. The molecule has 142 valence electrons. The van der Waals surface area contributed by atoms with Crippen LogP contribution in [-0.4, -0.2) is 25.3 Å². The van der Waals surface area contributed by atoms with Gasteiger partial charge in [0, 0.05) is 0 Å². The molecule has 0 atom stereocenters. The van der Waals surface area contributed by atoms with Crippen molar-refractivity contribution in [3.8, 4) is 23.0 Å². The lowest BCUT2D eigenvalue weighted by Gasteiger charge is -2.10. The van der Waals surface area contributed by atoms with Crippen molar-refractivity contribution in [2.45, 2.75) is 0 Å². The largest absolute Gasteiger partial charge is 0.493 e. The number of benzene rings is 3. The minimum atomic E-state index is -1.03. The second kappa shape index (κ2) is 8.77. The molecule has 0 fully saturated rings. The first kappa shape index (κ1) is 19.0. The summed E-state index contributed by atoms with van der Waals surface area (Å²) >= 11 is 0. The van der Waals surface area contributed by atoms with Crippen LogP contribution in [0, 0.1) is 0 Å². The quantitative estimate of drug-likeness (QED) is 0.458. The summed E-state index contributed by atoms with van der Waals surface area (Å²) in [7, 11) is 3.04. The maximum absolute atomic E-state index is 11.8. The summed E-state index contributed by atoms with van der Waals surface area (Å²) in [5.74, 6) is 1.39. The smallest absolute Gasteiger partial charge is 0.336 e. The highest BCUT2D eigenvalue weighted by atomic mass is 16.5. The van der Waals surface area contributed by atoms with Gasteiger partial charge >= 0.3 is 5.97 Å². The molecule has 0 aromatic heterocycles. The Kier molecular flexibility index (Phi) is 5.97. The molecule has 0 saturated heterocycles. The van der Waals surface area contributed by atoms with Crippen molar-refractivity contribution in [2.24, 2.45) is 0 Å². The molecule has 0 bridgehead atoms. The number of para-hydroxylation sites is 1. The Bertz CT molecular complexity index is 976. The lowest BCUT2D eigenvalue weighted by atomic mass is 10.0. The number of carbonyl (C=O) groups is 1. The number of methoxy groups -OCH3 is 2. The van der Waals surface area contributed by atoms with Crippen LogP contribution >= 0.6 is 0 Å². The molecule has 0 heterocycles. The molecule has 28 heavy (non-hydrogen) atoms. The van der Waals surface area contributed by atoms with E-state index in [0.29, 0.717) is 22.8 Å². The monoisotopic (exact) mass is 376 g/mol. The topological polar surface area (TPSA) is 65.0 Å². The Morgan fingerprint density at radius 2 is 1.46 bits per heavy atom. The summed E-state index contributed by atoms with van der Waals surface area (Å²) in [4.78, 5) is 11.8. The number of ether oxygens (including phenoxy) is 3. The van der Waals surface area contributed by atoms with Crippen LogP contribution in [-0.2, 0) is 4.79 Å². The van der Waals surface area contributed by atoms with Crippen molar-refractivity contribution in [1.82, 2.24) is 0 Å². The van der Waals surface area contributed by atoms with Crippen LogP contribution in [0.25, 0.3) is 11.6 Å². The fourth-order valence-corrected chi connectivity index (χ4v) is 2.70. The summed E-state index contributed by atoms with van der Waals surface area (Å²) in [6, 6.07) is 21.7. The normalized spacial score (nSPS) is 11.0. The summed E-state index contributed by atoms with van der Waals surface area (Å²) in [5, 5.41) is 9.66. The van der Waals surface area contributed by atoms with Crippen molar-refractivity contribution in [1.29, 1.82) is 0 Å². The Morgan fingerprint density at radius 1 is 0.821 bits per heavy atom. The minimum absolute atomic E-state index is 0.151. The lowest BCUT2D eigenvalue weighted by molar-refractivity contribution is -0.130. The van der Waals surface area contributed by atoms with Gasteiger partial charge in [0.05, 0.1) is 19.8 Å². The zero-order valence-corrected chi connectivity index (χ0v) is 15.6. The van der Waals surface area contributed by atoms with E-state index in [1.165, 1.54) is 14.2 Å². The number of carboxylic acids is 1. The van der Waals surface area contributed by atoms with Crippen molar-refractivity contribution in [2.75, 3.05) is 14.2 Å². The van der Waals surface area contributed by atoms with E-state index in [4.69, 9.17) is 14.2 Å². The highest BCUT2D eigenvalue weighted by molar-refractivity contribution is 6.20. The van der Waals surface area contributed by atoms with Gasteiger partial charge in [-0.2, -0.15) is 0 Å². The Morgan fingerprint density at radius 3 is 2.07 bits per heavy atom. The number of hydrogen-bond donors (Lipinski definition) is 1. The fourth-order valence-electron chi connectivity index (χ4n) is 2.70. The maximum atomic E-state index is 11.8. The second-order valence-electron chi connectivity index (χ2n) is 5.92. The molecule has 0 unspecified atom stereocenters. The number of carboxylic acid groups (broad SMARTS) is 1. The lowest BCUT2D eigenvalue weighted by Crippen LogP contribution is -2.01. The van der Waals surface area contributed by atoms with E-state index in [1.807, 2.05) is 42.5 Å². The van der Waals surface area contributed by atoms with Gasteiger partial charge in [0.15, 0.2) is 11.5 Å². The van der Waals surface area contributed by atoms with Crippen LogP contribution in [0.4, 0.5) is 0 Å². The SMILES string of the molecule is COc1ccc(/C(=C/c2ccc(Oc3ccccc3)cc2)C(=O)O)cc1OC. The van der Waals surface area contributed by atoms with Crippen molar-refractivity contribution < 1.29 is 24.1 Å². The van der Waals surface area contributed by atoms with E-state index < -0.39 is 5.97 Å². The Labute approximate surface area is 163 Å². The standard InChI is InChI=1S/C23H20O5/c1-26-21-13-10-17(15-22(21)27-2)20(23(24)25)14-16-8-11-19(12-9-16)28-18-6-4-3-5-7-18/h3-15H,1-2H3,(H,24,25)/b20-14-. The fraction of sp³-hybridized carbons (Fsp3) is 0.0870. The molecular formula is C23H20O5. The van der Waals surface area contributed by atoms with Gasteiger partial charge in [-0.1, -0.05) is 36.4 Å². The van der Waals surface area contributed by atoms with Gasteiger partial charge in [0.25, 0.3) is 0 Å². The molecule has 0 aliphatic heterocycles. The van der Waals surface area contributed by atoms with Crippen LogP contribution in [0.5, 0.6) is 23.0 Å². The van der Waals surface area contributed by atoms with Crippen LogP contribution < -0.4 is 14.2 Å². The first-order valence-corrected chi connectivity index (χ1v) is 8.61. The summed E-state index contributed by atoms with van der Waals surface area (Å²) in [6.07, 6.45) is 1.61. The van der Waals surface area contributed by atoms with Gasteiger partial charge in [0.2, 0.25) is 0 Å². The predicted octanol–water partition coefficient (Wildman–Crippen LogP) is 5.12. The molecule has 0 radical (unpaired) electrons. The Balaban J connectivity index is 1.87. The van der Waals surface area contributed by atoms with Crippen LogP contribution in [0.2, 0.25) is 0 Å². The zero-order chi connectivity index (χ0) is 19.9. The Hall–Kier alpha value is -3.73. The molecule has 5 heteroatoms. The minimum Gasteiger partial charge on any atom is -0.493 e. The van der Waals surface area contributed by atoms with Crippen LogP contribution in [0.1, 0.15) is 11.1 Å². The van der Waals surface area contributed by atoms with Crippen LogP contribution in [0.3, 0.4) is 0 Å². The van der Waals surface area contributed by atoms with Crippen LogP contribution in [0.15, 0.2) is 72.8 Å². The van der Waals surface area contributed by atoms with Gasteiger partial charge in [-0.25, -0.2) is 4.79 Å². The highest BCUT2D eigenvalue weighted by Gasteiger charge is 2.14. The van der Waals surface area contributed by atoms with Crippen molar-refractivity contribution >= 4 is 17.6 Å². The van der Waals surface area contributed by atoms with E-state index >= 15 is 0 Å². The molecule has 3 rings (SSSR count). The van der Waals surface area contributed by atoms with Gasteiger partial charge in [-0.05, 0) is 53.6 Å². The predicted molar refractivity (Wildman–Crippen MR) is 108 cm³/mol. The molecule has 0 aliphatic rings. The molecule has 1 N–H and O–H groups in total. The second-order valence-corrected chi connectivity index (χ2v) is 5.92. The average molecular weight is 376 g/mol. The number of rotatable bonds is 7. The highest BCUT2D eigenvalue weighted by Crippen LogP contribution is 2.31. The molecule has 5 nitrogen and oxygen atoms in total.